The number of carbonyl (C=O) groups excluding carboxylic acids is 1. The van der Waals surface area contributed by atoms with Crippen LogP contribution in [0.25, 0.3) is 0 Å². The molecule has 6 heteroatoms. The average Bonchev–Trinajstić information content (AvgIpc) is 2.98. The van der Waals surface area contributed by atoms with Gasteiger partial charge in [-0.05, 0) is 39.5 Å². The van der Waals surface area contributed by atoms with Gasteiger partial charge in [0.05, 0.1) is 18.3 Å². The Morgan fingerprint density at radius 3 is 2.47 bits per heavy atom. The van der Waals surface area contributed by atoms with Gasteiger partial charge in [-0.25, -0.2) is 4.79 Å². The summed E-state index contributed by atoms with van der Waals surface area (Å²) in [6.07, 6.45) is 10.2. The lowest BCUT2D eigenvalue weighted by molar-refractivity contribution is -0.143. The third-order valence-electron chi connectivity index (χ3n) is 5.44. The number of hydrogen-bond acceptors (Lipinski definition) is 5. The van der Waals surface area contributed by atoms with E-state index in [2.05, 4.69) is 6.92 Å². The van der Waals surface area contributed by atoms with Gasteiger partial charge in [0.1, 0.15) is 0 Å². The van der Waals surface area contributed by atoms with E-state index in [1.165, 1.54) is 0 Å². The summed E-state index contributed by atoms with van der Waals surface area (Å²) in [7, 11) is 0. The van der Waals surface area contributed by atoms with E-state index in [0.29, 0.717) is 24.8 Å². The van der Waals surface area contributed by atoms with Crippen molar-refractivity contribution < 1.29 is 29.6 Å². The number of ether oxygens (including phenoxy) is 1. The number of hydrogen-bond donors (Lipinski definition) is 3. The predicted molar refractivity (Wildman–Crippen MR) is 117 cm³/mol. The Kier molecular flexibility index (Phi) is 12.6. The molecule has 1 aliphatic carbocycles. The Bertz CT molecular complexity index is 593. The highest BCUT2D eigenvalue weighted by Crippen LogP contribution is 2.37. The summed E-state index contributed by atoms with van der Waals surface area (Å²) < 4.78 is 5.38. The molecule has 1 rings (SSSR count). The van der Waals surface area contributed by atoms with Crippen molar-refractivity contribution in [2.24, 2.45) is 5.92 Å². The molecule has 0 saturated carbocycles. The molecule has 0 amide bonds. The molecular formula is C24H40O6. The Balaban J connectivity index is 2.80. The van der Waals surface area contributed by atoms with Crippen molar-refractivity contribution in [1.82, 2.24) is 0 Å². The van der Waals surface area contributed by atoms with E-state index in [-0.39, 0.29) is 30.8 Å². The van der Waals surface area contributed by atoms with Crippen molar-refractivity contribution in [3.8, 4) is 0 Å². The standard InChI is InChI=1S/C24H40O6/c1-4-5-8-11-18(25)14-15-20-19(12-9-6-7-10-13-23(27)28)21(16-22(20)26)24(29)30-17(2)3/h14-15,17-18,20,22,25-26H,4-13,16H2,1-3H3,(H,27,28)/t18-,20+,22+/m0/s1. The van der Waals surface area contributed by atoms with Gasteiger partial charge < -0.3 is 20.1 Å². The molecule has 0 aliphatic heterocycles. The molecule has 172 valence electrons. The number of carboxylic acid groups (broad SMARTS) is 1. The van der Waals surface area contributed by atoms with Crippen LogP contribution in [0.3, 0.4) is 0 Å². The van der Waals surface area contributed by atoms with Crippen LogP contribution in [0.15, 0.2) is 23.3 Å². The predicted octanol–water partition coefficient (Wildman–Crippen LogP) is 4.54. The van der Waals surface area contributed by atoms with Gasteiger partial charge in [0, 0.05) is 24.3 Å². The molecule has 30 heavy (non-hydrogen) atoms. The van der Waals surface area contributed by atoms with Gasteiger partial charge in [-0.1, -0.05) is 56.8 Å². The minimum atomic E-state index is -0.780. The quantitative estimate of drug-likeness (QED) is 0.203. The maximum atomic E-state index is 12.6. The molecule has 0 bridgehead atoms. The SMILES string of the molecule is CCCCC[C@H](O)C=C[C@@H]1C(CCCCCCC(=O)O)=C(C(=O)OC(C)C)C[C@H]1O. The van der Waals surface area contributed by atoms with Crippen LogP contribution in [0.4, 0.5) is 0 Å². The molecule has 1 aliphatic rings. The fourth-order valence-electron chi connectivity index (χ4n) is 3.86. The Morgan fingerprint density at radius 1 is 1.13 bits per heavy atom. The molecule has 3 atom stereocenters. The first-order valence-corrected chi connectivity index (χ1v) is 11.4. The van der Waals surface area contributed by atoms with Crippen LogP contribution >= 0.6 is 0 Å². The van der Waals surface area contributed by atoms with Crippen LogP contribution in [-0.4, -0.2) is 45.6 Å². The van der Waals surface area contributed by atoms with Crippen LogP contribution in [0.5, 0.6) is 0 Å². The highest BCUT2D eigenvalue weighted by molar-refractivity contribution is 5.90. The summed E-state index contributed by atoms with van der Waals surface area (Å²) in [5.74, 6) is -1.44. The zero-order valence-electron chi connectivity index (χ0n) is 18.8. The van der Waals surface area contributed by atoms with Crippen LogP contribution < -0.4 is 0 Å². The number of esters is 1. The van der Waals surface area contributed by atoms with Crippen LogP contribution in [0.2, 0.25) is 0 Å². The molecule has 0 heterocycles. The lowest BCUT2D eigenvalue weighted by atomic mass is 9.92. The van der Waals surface area contributed by atoms with E-state index in [1.54, 1.807) is 19.9 Å². The second-order valence-electron chi connectivity index (χ2n) is 8.51. The first-order valence-electron chi connectivity index (χ1n) is 11.4. The van der Waals surface area contributed by atoms with Gasteiger partial charge in [0.15, 0.2) is 0 Å². The lowest BCUT2D eigenvalue weighted by Crippen LogP contribution is -2.15. The first kappa shape index (κ1) is 26.4. The number of aliphatic hydroxyl groups is 2. The molecule has 0 aromatic carbocycles. The normalized spacial score (nSPS) is 20.3. The van der Waals surface area contributed by atoms with Gasteiger partial charge >= 0.3 is 11.9 Å². The van der Waals surface area contributed by atoms with Gasteiger partial charge in [-0.15, -0.1) is 0 Å². The summed E-state index contributed by atoms with van der Waals surface area (Å²) in [6, 6.07) is 0. The Hall–Kier alpha value is -1.66. The molecule has 0 spiro atoms. The zero-order valence-corrected chi connectivity index (χ0v) is 18.8. The smallest absolute Gasteiger partial charge is 0.334 e. The molecule has 0 saturated heterocycles. The largest absolute Gasteiger partial charge is 0.481 e. The van der Waals surface area contributed by atoms with E-state index in [9.17, 15) is 19.8 Å². The average molecular weight is 425 g/mol. The number of aliphatic carboxylic acids is 1. The second kappa shape index (κ2) is 14.4. The van der Waals surface area contributed by atoms with E-state index in [1.807, 2.05) is 6.08 Å². The Morgan fingerprint density at radius 2 is 1.83 bits per heavy atom. The molecule has 0 aromatic rings. The fraction of sp³-hybridized carbons (Fsp3) is 0.750. The van der Waals surface area contributed by atoms with Crippen molar-refractivity contribution in [1.29, 1.82) is 0 Å². The van der Waals surface area contributed by atoms with Crippen LogP contribution in [0, 0.1) is 5.92 Å². The number of carboxylic acids is 1. The summed E-state index contributed by atoms with van der Waals surface area (Å²) in [6.45, 7) is 5.72. The monoisotopic (exact) mass is 424 g/mol. The molecular weight excluding hydrogens is 384 g/mol. The van der Waals surface area contributed by atoms with Crippen molar-refractivity contribution in [3.63, 3.8) is 0 Å². The molecule has 0 aromatic heterocycles. The first-order chi connectivity index (χ1) is 14.3. The number of rotatable bonds is 15. The summed E-state index contributed by atoms with van der Waals surface area (Å²) in [4.78, 5) is 23.2. The van der Waals surface area contributed by atoms with Gasteiger partial charge in [-0.2, -0.15) is 0 Å². The van der Waals surface area contributed by atoms with Crippen molar-refractivity contribution in [2.45, 2.75) is 110 Å². The van der Waals surface area contributed by atoms with Gasteiger partial charge in [0.25, 0.3) is 0 Å². The summed E-state index contributed by atoms with van der Waals surface area (Å²) in [5, 5.41) is 29.5. The minimum Gasteiger partial charge on any atom is -0.481 e. The fourth-order valence-corrected chi connectivity index (χ4v) is 3.86. The number of unbranched alkanes of at least 4 members (excludes halogenated alkanes) is 5. The molecule has 0 radical (unpaired) electrons. The maximum Gasteiger partial charge on any atom is 0.334 e. The van der Waals surface area contributed by atoms with E-state index < -0.39 is 18.2 Å². The van der Waals surface area contributed by atoms with E-state index in [4.69, 9.17) is 9.84 Å². The number of carbonyl (C=O) groups is 2. The summed E-state index contributed by atoms with van der Waals surface area (Å²) in [5.41, 5.74) is 1.44. The summed E-state index contributed by atoms with van der Waals surface area (Å²) >= 11 is 0. The molecule has 0 fully saturated rings. The molecule has 3 N–H and O–H groups in total. The maximum absolute atomic E-state index is 12.6. The van der Waals surface area contributed by atoms with Crippen molar-refractivity contribution in [3.05, 3.63) is 23.3 Å². The third-order valence-corrected chi connectivity index (χ3v) is 5.44. The number of aliphatic hydroxyl groups excluding tert-OH is 2. The van der Waals surface area contributed by atoms with Crippen LogP contribution in [0.1, 0.15) is 91.4 Å². The van der Waals surface area contributed by atoms with E-state index in [0.717, 1.165) is 44.1 Å². The minimum absolute atomic E-state index is 0.175. The van der Waals surface area contributed by atoms with Gasteiger partial charge in [0.2, 0.25) is 0 Å². The van der Waals surface area contributed by atoms with Crippen LogP contribution in [-0.2, 0) is 14.3 Å². The molecule has 0 unspecified atom stereocenters. The van der Waals surface area contributed by atoms with Crippen molar-refractivity contribution >= 4 is 11.9 Å². The topological polar surface area (TPSA) is 104 Å². The highest BCUT2D eigenvalue weighted by atomic mass is 16.5. The van der Waals surface area contributed by atoms with E-state index >= 15 is 0 Å². The molecule has 6 nitrogen and oxygen atoms in total. The Labute approximate surface area is 181 Å². The second-order valence-corrected chi connectivity index (χ2v) is 8.51. The van der Waals surface area contributed by atoms with Crippen molar-refractivity contribution in [2.75, 3.05) is 0 Å². The van der Waals surface area contributed by atoms with Gasteiger partial charge in [-0.3, -0.25) is 4.79 Å². The zero-order chi connectivity index (χ0) is 22.5. The lowest BCUT2D eigenvalue weighted by Gasteiger charge is -2.16. The highest BCUT2D eigenvalue weighted by Gasteiger charge is 2.35. The third kappa shape index (κ3) is 9.90.